The molecule has 0 spiro atoms. The summed E-state index contributed by atoms with van der Waals surface area (Å²) in [5, 5.41) is 3.21. The Kier molecular flexibility index (Phi) is 4.41. The highest BCUT2D eigenvalue weighted by Gasteiger charge is 2.31. The van der Waals surface area contributed by atoms with Crippen LogP contribution in [-0.2, 0) is 21.1 Å². The van der Waals surface area contributed by atoms with Crippen molar-refractivity contribution in [2.24, 2.45) is 0 Å². The first-order chi connectivity index (χ1) is 11.0. The molecule has 0 fully saturated rings. The van der Waals surface area contributed by atoms with Crippen LogP contribution in [0.1, 0.15) is 17.0 Å². The van der Waals surface area contributed by atoms with E-state index in [1.807, 2.05) is 24.3 Å². The Hall–Kier alpha value is -1.85. The Bertz CT molecular complexity index is 831. The van der Waals surface area contributed by atoms with Crippen molar-refractivity contribution in [1.29, 1.82) is 0 Å². The van der Waals surface area contributed by atoms with Gasteiger partial charge >= 0.3 is 0 Å². The van der Waals surface area contributed by atoms with Gasteiger partial charge in [0.25, 0.3) is 0 Å². The van der Waals surface area contributed by atoms with Crippen molar-refractivity contribution >= 4 is 27.3 Å². The first kappa shape index (κ1) is 16.0. The summed E-state index contributed by atoms with van der Waals surface area (Å²) in [6.07, 6.45) is 0.714. The molecule has 23 heavy (non-hydrogen) atoms. The van der Waals surface area contributed by atoms with Gasteiger partial charge in [-0.05, 0) is 41.8 Å². The Labute approximate surface area is 140 Å². The molecule has 3 rings (SSSR count). The van der Waals surface area contributed by atoms with Gasteiger partial charge in [0.2, 0.25) is 5.91 Å². The number of hydrogen-bond acceptors (Lipinski definition) is 3. The van der Waals surface area contributed by atoms with Crippen molar-refractivity contribution in [3.8, 4) is 0 Å². The van der Waals surface area contributed by atoms with Gasteiger partial charge in [-0.15, -0.1) is 0 Å². The summed E-state index contributed by atoms with van der Waals surface area (Å²) in [4.78, 5) is 12.3. The van der Waals surface area contributed by atoms with Gasteiger partial charge in [-0.1, -0.05) is 35.9 Å². The van der Waals surface area contributed by atoms with Gasteiger partial charge in [0.05, 0.1) is 16.6 Å². The molecule has 0 unspecified atom stereocenters. The molecule has 1 atom stereocenters. The smallest absolute Gasteiger partial charge is 0.227 e. The minimum atomic E-state index is -3.42. The van der Waals surface area contributed by atoms with Crippen molar-refractivity contribution in [1.82, 2.24) is 5.32 Å². The molecular weight excluding hydrogens is 334 g/mol. The second-order valence-electron chi connectivity index (χ2n) is 5.52. The van der Waals surface area contributed by atoms with Crippen molar-refractivity contribution < 1.29 is 13.2 Å². The molecule has 0 radical (unpaired) electrons. The molecule has 1 aliphatic rings. The third-order valence-electron chi connectivity index (χ3n) is 4.01. The molecule has 4 nitrogen and oxygen atoms in total. The lowest BCUT2D eigenvalue weighted by Crippen LogP contribution is -2.37. The van der Waals surface area contributed by atoms with Gasteiger partial charge < -0.3 is 5.32 Å². The average molecular weight is 350 g/mol. The molecule has 1 N–H and O–H groups in total. The first-order valence-corrected chi connectivity index (χ1v) is 9.34. The number of halogens is 1. The quantitative estimate of drug-likeness (QED) is 0.902. The second-order valence-corrected chi connectivity index (χ2v) is 8.06. The summed E-state index contributed by atoms with van der Waals surface area (Å²) in [5.74, 6) is -0.409. The fraction of sp³-hybridized carbons (Fsp3) is 0.235. The molecule has 0 aromatic heterocycles. The number of rotatable bonds is 5. The summed E-state index contributed by atoms with van der Waals surface area (Å²) in [5.41, 5.74) is 2.21. The Balaban J connectivity index is 1.55. The fourth-order valence-electron chi connectivity index (χ4n) is 2.68. The van der Waals surface area contributed by atoms with E-state index in [1.165, 1.54) is 29.8 Å². The van der Waals surface area contributed by atoms with Crippen LogP contribution in [0.5, 0.6) is 0 Å². The number of carbonyl (C=O) groups is 1. The Morgan fingerprint density at radius 2 is 1.83 bits per heavy atom. The number of sulfone groups is 1. The molecule has 2 aromatic rings. The fourth-order valence-corrected chi connectivity index (χ4v) is 3.97. The van der Waals surface area contributed by atoms with E-state index < -0.39 is 9.84 Å². The zero-order valence-electron chi connectivity index (χ0n) is 12.3. The van der Waals surface area contributed by atoms with E-state index in [2.05, 4.69) is 5.32 Å². The maximum absolute atomic E-state index is 12.2. The van der Waals surface area contributed by atoms with Gasteiger partial charge in [0, 0.05) is 11.6 Å². The molecule has 0 saturated carbocycles. The van der Waals surface area contributed by atoms with Gasteiger partial charge in [0.15, 0.2) is 9.84 Å². The summed E-state index contributed by atoms with van der Waals surface area (Å²) in [6.45, 7) is 0.0997. The van der Waals surface area contributed by atoms with Crippen LogP contribution in [0, 0.1) is 0 Å². The largest absolute Gasteiger partial charge is 0.355 e. The van der Waals surface area contributed by atoms with Crippen molar-refractivity contribution in [3.63, 3.8) is 0 Å². The van der Waals surface area contributed by atoms with Crippen molar-refractivity contribution in [2.45, 2.75) is 17.2 Å². The van der Waals surface area contributed by atoms with Gasteiger partial charge in [-0.25, -0.2) is 8.42 Å². The number of benzene rings is 2. The number of hydrogen-bond donors (Lipinski definition) is 1. The van der Waals surface area contributed by atoms with Crippen LogP contribution in [0.3, 0.4) is 0 Å². The van der Waals surface area contributed by atoms with Crippen LogP contribution in [0.25, 0.3) is 0 Å². The minimum Gasteiger partial charge on any atom is -0.355 e. The van der Waals surface area contributed by atoms with E-state index >= 15 is 0 Å². The summed E-state index contributed by atoms with van der Waals surface area (Å²) in [6, 6.07) is 13.8. The lowest BCUT2D eigenvalue weighted by atomic mass is 9.77. The summed E-state index contributed by atoms with van der Waals surface area (Å²) in [7, 11) is -3.42. The maximum Gasteiger partial charge on any atom is 0.227 e. The topological polar surface area (TPSA) is 63.2 Å². The van der Waals surface area contributed by atoms with E-state index in [9.17, 15) is 13.2 Å². The minimum absolute atomic E-state index is 0.0997. The molecule has 0 saturated heterocycles. The van der Waals surface area contributed by atoms with Crippen molar-refractivity contribution in [2.75, 3.05) is 12.3 Å². The molecule has 120 valence electrons. The number of fused-ring (bicyclic) bond motifs is 1. The molecule has 6 heteroatoms. The third kappa shape index (κ3) is 3.41. The monoisotopic (exact) mass is 349 g/mol. The maximum atomic E-state index is 12.2. The van der Waals surface area contributed by atoms with Crippen LogP contribution >= 0.6 is 11.6 Å². The average Bonchev–Trinajstić information content (AvgIpc) is 2.49. The SMILES string of the molecule is O=C(NCCS(=O)(=O)c1ccc(Cl)cc1)[C@@H]1Cc2ccccc21. The zero-order chi connectivity index (χ0) is 16.4. The van der Waals surface area contributed by atoms with E-state index in [4.69, 9.17) is 11.6 Å². The number of nitrogens with one attached hydrogen (secondary N) is 1. The molecule has 0 aliphatic heterocycles. The van der Waals surface area contributed by atoms with E-state index in [0.29, 0.717) is 11.4 Å². The van der Waals surface area contributed by atoms with Crippen LogP contribution in [0.2, 0.25) is 5.02 Å². The number of amides is 1. The van der Waals surface area contributed by atoms with Crippen LogP contribution in [0.4, 0.5) is 0 Å². The van der Waals surface area contributed by atoms with Gasteiger partial charge in [0.1, 0.15) is 0 Å². The lowest BCUT2D eigenvalue weighted by molar-refractivity contribution is -0.122. The second kappa shape index (κ2) is 6.34. The van der Waals surface area contributed by atoms with E-state index in [0.717, 1.165) is 5.56 Å². The molecule has 0 heterocycles. The highest BCUT2D eigenvalue weighted by molar-refractivity contribution is 7.91. The van der Waals surface area contributed by atoms with Gasteiger partial charge in [-0.3, -0.25) is 4.79 Å². The van der Waals surface area contributed by atoms with E-state index in [-0.39, 0.29) is 29.0 Å². The lowest BCUT2D eigenvalue weighted by Gasteiger charge is -2.28. The highest BCUT2D eigenvalue weighted by atomic mass is 35.5. The standard InChI is InChI=1S/C17H16ClNO3S/c18-13-5-7-14(8-6-13)23(21,22)10-9-19-17(20)16-11-12-3-1-2-4-15(12)16/h1-8,16H,9-11H2,(H,19,20)/t16-/m1/s1. The van der Waals surface area contributed by atoms with Crippen LogP contribution in [-0.4, -0.2) is 26.6 Å². The predicted molar refractivity (Wildman–Crippen MR) is 89.4 cm³/mol. The molecule has 2 aromatic carbocycles. The van der Waals surface area contributed by atoms with Gasteiger partial charge in [-0.2, -0.15) is 0 Å². The Morgan fingerprint density at radius 3 is 2.52 bits per heavy atom. The predicted octanol–water partition coefficient (Wildman–Crippen LogP) is 2.57. The normalized spacial score (nSPS) is 16.3. The van der Waals surface area contributed by atoms with Crippen LogP contribution in [0.15, 0.2) is 53.4 Å². The van der Waals surface area contributed by atoms with Crippen LogP contribution < -0.4 is 5.32 Å². The summed E-state index contributed by atoms with van der Waals surface area (Å²) >= 11 is 5.75. The highest BCUT2D eigenvalue weighted by Crippen LogP contribution is 2.34. The zero-order valence-corrected chi connectivity index (χ0v) is 13.9. The third-order valence-corrected chi connectivity index (χ3v) is 6.00. The molecule has 1 amide bonds. The molecular formula is C17H16ClNO3S. The van der Waals surface area contributed by atoms with Crippen molar-refractivity contribution in [3.05, 3.63) is 64.7 Å². The molecule has 1 aliphatic carbocycles. The first-order valence-electron chi connectivity index (χ1n) is 7.31. The summed E-state index contributed by atoms with van der Waals surface area (Å²) < 4.78 is 24.4. The van der Waals surface area contributed by atoms with E-state index in [1.54, 1.807) is 0 Å². The molecule has 0 bridgehead atoms. The number of carbonyl (C=O) groups excluding carboxylic acids is 1. The Morgan fingerprint density at radius 1 is 1.13 bits per heavy atom.